The molecule has 0 spiro atoms. The third-order valence-corrected chi connectivity index (χ3v) is 4.71. The van der Waals surface area contributed by atoms with Gasteiger partial charge in [0.2, 0.25) is 0 Å². The zero-order valence-electron chi connectivity index (χ0n) is 16.4. The molecule has 6 nitrogen and oxygen atoms in total. The van der Waals surface area contributed by atoms with Crippen LogP contribution in [0.1, 0.15) is 24.2 Å². The van der Waals surface area contributed by atoms with Gasteiger partial charge in [0.15, 0.2) is 0 Å². The Morgan fingerprint density at radius 3 is 2.48 bits per heavy atom. The van der Waals surface area contributed by atoms with Crippen LogP contribution in [0, 0.1) is 5.92 Å². The lowest BCUT2D eigenvalue weighted by Gasteiger charge is -2.34. The molecule has 1 saturated heterocycles. The highest BCUT2D eigenvalue weighted by Gasteiger charge is 2.14. The van der Waals surface area contributed by atoms with Gasteiger partial charge >= 0.3 is 0 Å². The van der Waals surface area contributed by atoms with E-state index in [4.69, 9.17) is 0 Å². The van der Waals surface area contributed by atoms with Crippen molar-refractivity contribution in [3.05, 3.63) is 48.2 Å². The van der Waals surface area contributed by atoms with Gasteiger partial charge in [-0.3, -0.25) is 4.79 Å². The number of hydrogen-bond donors (Lipinski definition) is 2. The summed E-state index contributed by atoms with van der Waals surface area (Å²) in [6, 6.07) is 11.6. The summed E-state index contributed by atoms with van der Waals surface area (Å²) in [5, 5.41) is 6.22. The summed E-state index contributed by atoms with van der Waals surface area (Å²) in [4.78, 5) is 21.5. The summed E-state index contributed by atoms with van der Waals surface area (Å²) >= 11 is 0. The van der Waals surface area contributed by atoms with E-state index in [0.29, 0.717) is 11.5 Å². The van der Waals surface area contributed by atoms with Gasteiger partial charge in [-0.15, -0.1) is 0 Å². The Kier molecular flexibility index (Phi) is 6.29. The number of piperazine rings is 1. The second kappa shape index (κ2) is 8.86. The van der Waals surface area contributed by atoms with Crippen LogP contribution >= 0.6 is 0 Å². The Morgan fingerprint density at radius 2 is 1.81 bits per heavy atom. The molecular weight excluding hydrogens is 338 g/mol. The Bertz CT molecular complexity index is 751. The molecule has 3 rings (SSSR count). The molecule has 1 aromatic carbocycles. The average Bonchev–Trinajstić information content (AvgIpc) is 2.68. The number of amides is 1. The summed E-state index contributed by atoms with van der Waals surface area (Å²) in [7, 11) is 2.15. The number of nitrogens with one attached hydrogen (secondary N) is 2. The molecule has 0 saturated carbocycles. The van der Waals surface area contributed by atoms with Gasteiger partial charge in [0, 0.05) is 55.9 Å². The van der Waals surface area contributed by atoms with Gasteiger partial charge in [0.25, 0.3) is 5.91 Å². The van der Waals surface area contributed by atoms with Crippen molar-refractivity contribution in [3.8, 4) is 0 Å². The maximum atomic E-state index is 12.5. The van der Waals surface area contributed by atoms with Crippen molar-refractivity contribution in [3.63, 3.8) is 0 Å². The van der Waals surface area contributed by atoms with E-state index in [2.05, 4.69) is 58.4 Å². The molecule has 27 heavy (non-hydrogen) atoms. The van der Waals surface area contributed by atoms with E-state index < -0.39 is 0 Å². The van der Waals surface area contributed by atoms with Gasteiger partial charge in [-0.1, -0.05) is 13.8 Å². The molecule has 0 atom stereocenters. The zero-order valence-corrected chi connectivity index (χ0v) is 16.4. The summed E-state index contributed by atoms with van der Waals surface area (Å²) in [6.45, 7) is 9.31. The van der Waals surface area contributed by atoms with Gasteiger partial charge < -0.3 is 20.4 Å². The fourth-order valence-electron chi connectivity index (χ4n) is 3.00. The number of rotatable bonds is 6. The first kappa shape index (κ1) is 19.2. The second-order valence-electron chi connectivity index (χ2n) is 7.50. The molecular formula is C21H29N5O. The highest BCUT2D eigenvalue weighted by molar-refractivity contribution is 6.04. The van der Waals surface area contributed by atoms with Gasteiger partial charge in [0.05, 0.1) is 0 Å². The molecule has 0 unspecified atom stereocenters. The number of hydrogen-bond acceptors (Lipinski definition) is 5. The van der Waals surface area contributed by atoms with Crippen molar-refractivity contribution < 1.29 is 4.79 Å². The van der Waals surface area contributed by atoms with Crippen LogP contribution in [0.2, 0.25) is 0 Å². The van der Waals surface area contributed by atoms with E-state index in [1.807, 2.05) is 12.1 Å². The van der Waals surface area contributed by atoms with Crippen LogP contribution in [0.5, 0.6) is 0 Å². The zero-order chi connectivity index (χ0) is 19.2. The van der Waals surface area contributed by atoms with Gasteiger partial charge in [-0.25, -0.2) is 4.98 Å². The number of carbonyl (C=O) groups excluding carboxylic acids is 1. The molecule has 2 aromatic rings. The summed E-state index contributed by atoms with van der Waals surface area (Å²) in [5.41, 5.74) is 2.59. The van der Waals surface area contributed by atoms with Gasteiger partial charge in [0.1, 0.15) is 5.82 Å². The first-order valence-electron chi connectivity index (χ1n) is 9.56. The van der Waals surface area contributed by atoms with Crippen LogP contribution in [0.4, 0.5) is 17.2 Å². The number of aromatic nitrogens is 1. The largest absolute Gasteiger partial charge is 0.370 e. The molecule has 1 aliphatic heterocycles. The van der Waals surface area contributed by atoms with Crippen LogP contribution in [0.15, 0.2) is 42.6 Å². The van der Waals surface area contributed by atoms with Crippen molar-refractivity contribution in [1.82, 2.24) is 9.88 Å². The van der Waals surface area contributed by atoms with Gasteiger partial charge in [-0.2, -0.15) is 0 Å². The lowest BCUT2D eigenvalue weighted by molar-refractivity contribution is 0.102. The third-order valence-electron chi connectivity index (χ3n) is 4.71. The summed E-state index contributed by atoms with van der Waals surface area (Å²) in [5.74, 6) is 1.11. The van der Waals surface area contributed by atoms with Crippen LogP contribution in [0.25, 0.3) is 0 Å². The van der Waals surface area contributed by atoms with E-state index in [1.165, 1.54) is 5.69 Å². The maximum absolute atomic E-state index is 12.5. The molecule has 1 fully saturated rings. The highest BCUT2D eigenvalue weighted by Crippen LogP contribution is 2.20. The molecule has 2 N–H and O–H groups in total. The van der Waals surface area contributed by atoms with Crippen LogP contribution in [0.3, 0.4) is 0 Å². The average molecular weight is 367 g/mol. The number of likely N-dealkylation sites (N-methyl/N-ethyl adjacent to an activating group) is 1. The minimum Gasteiger partial charge on any atom is -0.370 e. The first-order chi connectivity index (χ1) is 13.0. The molecule has 6 heteroatoms. The van der Waals surface area contributed by atoms with E-state index in [-0.39, 0.29) is 5.91 Å². The first-order valence-corrected chi connectivity index (χ1v) is 9.56. The van der Waals surface area contributed by atoms with Crippen LogP contribution < -0.4 is 15.5 Å². The molecule has 1 amide bonds. The summed E-state index contributed by atoms with van der Waals surface area (Å²) in [6.07, 6.45) is 1.66. The number of benzene rings is 1. The fourth-order valence-corrected chi connectivity index (χ4v) is 3.00. The number of carbonyl (C=O) groups is 1. The summed E-state index contributed by atoms with van der Waals surface area (Å²) < 4.78 is 0. The lowest BCUT2D eigenvalue weighted by atomic mass is 10.2. The predicted octanol–water partition coefficient (Wildman–Crippen LogP) is 3.15. The smallest absolute Gasteiger partial charge is 0.255 e. The fraction of sp³-hybridized carbons (Fsp3) is 0.429. The predicted molar refractivity (Wildman–Crippen MR) is 112 cm³/mol. The van der Waals surface area contributed by atoms with Crippen molar-refractivity contribution in [2.75, 3.05) is 55.3 Å². The molecule has 144 valence electrons. The van der Waals surface area contributed by atoms with E-state index in [1.54, 1.807) is 18.3 Å². The number of pyridine rings is 1. The Morgan fingerprint density at radius 1 is 1.11 bits per heavy atom. The normalized spacial score (nSPS) is 15.0. The standard InChI is InChI=1S/C21H29N5O/c1-16(2)15-23-20-14-17(8-9-22-20)21(27)24-18-4-6-19(7-5-18)26-12-10-25(3)11-13-26/h4-9,14,16H,10-13,15H2,1-3H3,(H,22,23)(H,24,27). The Hall–Kier alpha value is -2.60. The van der Waals surface area contributed by atoms with Crippen molar-refractivity contribution in [2.45, 2.75) is 13.8 Å². The molecule has 2 heterocycles. The van der Waals surface area contributed by atoms with Crippen LogP contribution in [-0.4, -0.2) is 55.6 Å². The monoisotopic (exact) mass is 367 g/mol. The second-order valence-corrected chi connectivity index (χ2v) is 7.50. The van der Waals surface area contributed by atoms with Crippen LogP contribution in [-0.2, 0) is 0 Å². The SMILES string of the molecule is CC(C)CNc1cc(C(=O)Nc2ccc(N3CCN(C)CC3)cc2)ccn1. The molecule has 0 bridgehead atoms. The minimum atomic E-state index is -0.127. The van der Waals surface area contributed by atoms with E-state index >= 15 is 0 Å². The van der Waals surface area contributed by atoms with Crippen molar-refractivity contribution >= 4 is 23.1 Å². The number of anilines is 3. The van der Waals surface area contributed by atoms with Crippen molar-refractivity contribution in [1.29, 1.82) is 0 Å². The minimum absolute atomic E-state index is 0.127. The van der Waals surface area contributed by atoms with E-state index in [9.17, 15) is 4.79 Å². The topological polar surface area (TPSA) is 60.5 Å². The molecule has 0 radical (unpaired) electrons. The quantitative estimate of drug-likeness (QED) is 0.821. The van der Waals surface area contributed by atoms with Gasteiger partial charge in [-0.05, 0) is 49.4 Å². The lowest BCUT2D eigenvalue weighted by Crippen LogP contribution is -2.44. The maximum Gasteiger partial charge on any atom is 0.255 e. The molecule has 0 aliphatic carbocycles. The Labute approximate surface area is 161 Å². The Balaban J connectivity index is 1.60. The number of nitrogens with zero attached hydrogens (tertiary/aromatic N) is 3. The third kappa shape index (κ3) is 5.44. The highest BCUT2D eigenvalue weighted by atomic mass is 16.1. The van der Waals surface area contributed by atoms with E-state index in [0.717, 1.165) is 44.2 Å². The van der Waals surface area contributed by atoms with Crippen molar-refractivity contribution in [2.24, 2.45) is 5.92 Å². The molecule has 1 aliphatic rings. The molecule has 1 aromatic heterocycles.